The second-order valence-electron chi connectivity index (χ2n) is 5.59. The zero-order chi connectivity index (χ0) is 17.3. The van der Waals surface area contributed by atoms with Gasteiger partial charge in [-0.2, -0.15) is 0 Å². The molecule has 0 radical (unpaired) electrons. The first-order valence-corrected chi connectivity index (χ1v) is 7.77. The molecule has 2 heterocycles. The molecular weight excluding hydrogens is 306 g/mol. The van der Waals surface area contributed by atoms with Crippen molar-refractivity contribution in [3.8, 4) is 5.75 Å². The Bertz CT molecular complexity index is 1000. The Morgan fingerprint density at radius 3 is 2.50 bits per heavy atom. The number of benzene rings is 1. The van der Waals surface area contributed by atoms with E-state index in [2.05, 4.69) is 4.98 Å². The molecule has 0 aliphatic carbocycles. The van der Waals surface area contributed by atoms with Gasteiger partial charge in [-0.25, -0.2) is 9.78 Å². The highest BCUT2D eigenvalue weighted by molar-refractivity contribution is 5.82. The van der Waals surface area contributed by atoms with Crippen LogP contribution in [0.25, 0.3) is 11.0 Å². The topological polar surface area (TPSA) is 66.1 Å². The highest BCUT2D eigenvalue weighted by Gasteiger charge is 2.18. The molecule has 6 nitrogen and oxygen atoms in total. The lowest BCUT2D eigenvalue weighted by Crippen LogP contribution is -2.39. The molecule has 6 heteroatoms. The summed E-state index contributed by atoms with van der Waals surface area (Å²) in [5.74, 6) is 0.491. The minimum atomic E-state index is -0.393. The van der Waals surface area contributed by atoms with Crippen LogP contribution in [-0.4, -0.2) is 21.2 Å². The minimum absolute atomic E-state index is 0.210. The Hall–Kier alpha value is -2.89. The Morgan fingerprint density at radius 2 is 1.88 bits per heavy atom. The van der Waals surface area contributed by atoms with Crippen molar-refractivity contribution in [3.05, 3.63) is 68.5 Å². The van der Waals surface area contributed by atoms with Gasteiger partial charge in [-0.15, -0.1) is 0 Å². The first-order chi connectivity index (χ1) is 11.6. The van der Waals surface area contributed by atoms with Crippen molar-refractivity contribution in [2.24, 2.45) is 7.05 Å². The quantitative estimate of drug-likeness (QED) is 0.732. The predicted molar refractivity (Wildman–Crippen MR) is 92.7 cm³/mol. The van der Waals surface area contributed by atoms with E-state index in [1.165, 1.54) is 16.2 Å². The van der Waals surface area contributed by atoms with E-state index >= 15 is 0 Å². The van der Waals surface area contributed by atoms with Gasteiger partial charge in [0.25, 0.3) is 5.56 Å². The van der Waals surface area contributed by atoms with E-state index < -0.39 is 5.69 Å². The van der Waals surface area contributed by atoms with Crippen LogP contribution in [0.4, 0.5) is 0 Å². The van der Waals surface area contributed by atoms with Gasteiger partial charge < -0.3 is 4.74 Å². The van der Waals surface area contributed by atoms with Gasteiger partial charge in [0.15, 0.2) is 5.65 Å². The molecule has 0 saturated heterocycles. The number of fused-ring (bicyclic) bond motifs is 1. The Morgan fingerprint density at radius 1 is 1.17 bits per heavy atom. The maximum Gasteiger partial charge on any atom is 0.332 e. The smallest absolute Gasteiger partial charge is 0.332 e. The molecule has 0 aliphatic rings. The molecule has 0 saturated carbocycles. The number of nitrogens with zero attached hydrogens (tertiary/aromatic N) is 3. The second kappa shape index (κ2) is 6.31. The van der Waals surface area contributed by atoms with Gasteiger partial charge in [-0.3, -0.25) is 13.9 Å². The highest BCUT2D eigenvalue weighted by Crippen LogP contribution is 2.25. The van der Waals surface area contributed by atoms with Gasteiger partial charge in [0.1, 0.15) is 11.1 Å². The number of rotatable bonds is 4. The molecule has 0 atom stereocenters. The molecule has 0 fully saturated rings. The molecule has 3 aromatic rings. The molecule has 0 bridgehead atoms. The average Bonchev–Trinajstić information content (AvgIpc) is 2.62. The number of hydrogen-bond donors (Lipinski definition) is 0. The van der Waals surface area contributed by atoms with Gasteiger partial charge in [0, 0.05) is 18.8 Å². The maximum atomic E-state index is 13.0. The SMILES string of the molecule is CCc1cnc2c(c1OC)c(=O)n(Cc1ccccc1)c(=O)n2C. The number of pyridine rings is 1. The van der Waals surface area contributed by atoms with E-state index in [0.717, 1.165) is 11.1 Å². The predicted octanol–water partition coefficient (Wildman–Crippen LogP) is 1.71. The number of ether oxygens (including phenoxy) is 1. The van der Waals surface area contributed by atoms with Crippen LogP contribution in [0.5, 0.6) is 5.75 Å². The number of hydrogen-bond acceptors (Lipinski definition) is 4. The summed E-state index contributed by atoms with van der Waals surface area (Å²) in [6, 6.07) is 9.42. The molecular formula is C18H19N3O3. The molecule has 124 valence electrons. The summed E-state index contributed by atoms with van der Waals surface area (Å²) < 4.78 is 8.08. The molecule has 3 rings (SSSR count). The molecule has 0 unspecified atom stereocenters. The second-order valence-corrected chi connectivity index (χ2v) is 5.59. The van der Waals surface area contributed by atoms with Gasteiger partial charge in [-0.1, -0.05) is 37.3 Å². The first kappa shape index (κ1) is 16.0. The van der Waals surface area contributed by atoms with E-state index in [4.69, 9.17) is 4.74 Å². The molecule has 1 aromatic carbocycles. The van der Waals surface area contributed by atoms with Crippen LogP contribution in [0.3, 0.4) is 0 Å². The van der Waals surface area contributed by atoms with Crippen LogP contribution >= 0.6 is 0 Å². The zero-order valence-electron chi connectivity index (χ0n) is 13.9. The van der Waals surface area contributed by atoms with Crippen molar-refractivity contribution in [1.82, 2.24) is 14.1 Å². The summed E-state index contributed by atoms with van der Waals surface area (Å²) in [5.41, 5.74) is 1.29. The zero-order valence-corrected chi connectivity index (χ0v) is 13.9. The number of aromatic nitrogens is 3. The first-order valence-electron chi connectivity index (χ1n) is 7.77. The Kier molecular flexibility index (Phi) is 4.20. The van der Waals surface area contributed by atoms with Gasteiger partial charge in [-0.05, 0) is 12.0 Å². The molecule has 2 aromatic heterocycles. The van der Waals surface area contributed by atoms with Crippen molar-refractivity contribution in [2.45, 2.75) is 19.9 Å². The van der Waals surface area contributed by atoms with Crippen LogP contribution in [0.15, 0.2) is 46.1 Å². The van der Waals surface area contributed by atoms with Crippen LogP contribution in [0.1, 0.15) is 18.1 Å². The van der Waals surface area contributed by atoms with Gasteiger partial charge >= 0.3 is 5.69 Å². The summed E-state index contributed by atoms with van der Waals surface area (Å²) in [5, 5.41) is 0.342. The van der Waals surface area contributed by atoms with E-state index in [-0.39, 0.29) is 12.1 Å². The van der Waals surface area contributed by atoms with Crippen LogP contribution in [0.2, 0.25) is 0 Å². The third-order valence-corrected chi connectivity index (χ3v) is 4.15. The molecule has 0 amide bonds. The minimum Gasteiger partial charge on any atom is -0.495 e. The largest absolute Gasteiger partial charge is 0.495 e. The summed E-state index contributed by atoms with van der Waals surface area (Å²) in [7, 11) is 3.14. The fourth-order valence-corrected chi connectivity index (χ4v) is 2.86. The molecule has 0 N–H and O–H groups in total. The number of methoxy groups -OCH3 is 1. The Labute approximate surface area is 139 Å². The fourth-order valence-electron chi connectivity index (χ4n) is 2.86. The van der Waals surface area contributed by atoms with Gasteiger partial charge in [0.2, 0.25) is 0 Å². The molecule has 24 heavy (non-hydrogen) atoms. The fraction of sp³-hybridized carbons (Fsp3) is 0.278. The maximum absolute atomic E-state index is 13.0. The van der Waals surface area contributed by atoms with Crippen molar-refractivity contribution in [1.29, 1.82) is 0 Å². The van der Waals surface area contributed by atoms with E-state index in [9.17, 15) is 9.59 Å². The van der Waals surface area contributed by atoms with Gasteiger partial charge in [0.05, 0.1) is 13.7 Å². The summed E-state index contributed by atoms with van der Waals surface area (Å²) >= 11 is 0. The lowest BCUT2D eigenvalue weighted by atomic mass is 10.1. The number of aryl methyl sites for hydroxylation is 2. The van der Waals surface area contributed by atoms with Crippen molar-refractivity contribution in [2.75, 3.05) is 7.11 Å². The van der Waals surface area contributed by atoms with E-state index in [1.54, 1.807) is 13.2 Å². The van der Waals surface area contributed by atoms with Crippen LogP contribution < -0.4 is 16.0 Å². The Balaban J connectivity index is 2.35. The van der Waals surface area contributed by atoms with Crippen LogP contribution in [0, 0.1) is 0 Å². The monoisotopic (exact) mass is 325 g/mol. The average molecular weight is 325 g/mol. The van der Waals surface area contributed by atoms with Crippen LogP contribution in [-0.2, 0) is 20.0 Å². The van der Waals surface area contributed by atoms with Crippen molar-refractivity contribution >= 4 is 11.0 Å². The lowest BCUT2D eigenvalue weighted by Gasteiger charge is -2.14. The normalized spacial score (nSPS) is 11.0. The standard InChI is InChI=1S/C18H19N3O3/c1-4-13-10-19-16-14(15(13)24-3)17(22)21(18(23)20(16)2)11-12-8-6-5-7-9-12/h5-10H,4,11H2,1-3H3. The van der Waals surface area contributed by atoms with Crippen molar-refractivity contribution < 1.29 is 4.74 Å². The highest BCUT2D eigenvalue weighted by atomic mass is 16.5. The van der Waals surface area contributed by atoms with Crippen molar-refractivity contribution in [3.63, 3.8) is 0 Å². The molecule has 0 aliphatic heterocycles. The van der Waals surface area contributed by atoms with E-state index in [0.29, 0.717) is 23.2 Å². The lowest BCUT2D eigenvalue weighted by molar-refractivity contribution is 0.413. The summed E-state index contributed by atoms with van der Waals surface area (Å²) in [6.45, 7) is 2.18. The van der Waals surface area contributed by atoms with E-state index in [1.807, 2.05) is 37.3 Å². The third kappa shape index (κ3) is 2.50. The molecule has 0 spiro atoms. The third-order valence-electron chi connectivity index (χ3n) is 4.15. The summed E-state index contributed by atoms with van der Waals surface area (Å²) in [4.78, 5) is 29.9. The summed E-state index contributed by atoms with van der Waals surface area (Å²) in [6.07, 6.45) is 2.34.